The standard InChI is InChI=1S/C55H35N3/c1-3-15-39(16-4-1)52-35-53(40-17-5-2-6-18-40)58-55(57-52)41-27-25-38(26-28-41)49-34-51(45-30-24-37-14-8-10-20-43(37)32-45)56-54-47-22-12-11-21-46(47)48(33-50(49)54)44-29-23-36-13-7-9-19-42(36)31-44/h1-35H. The highest BCUT2D eigenvalue weighted by atomic mass is 14.9. The van der Waals surface area contributed by atoms with Gasteiger partial charge in [-0.05, 0) is 79.5 Å². The molecule has 11 aromatic rings. The average Bonchev–Trinajstić information content (AvgIpc) is 3.31. The molecule has 58 heavy (non-hydrogen) atoms. The number of nitrogens with zero attached hydrogens (tertiary/aromatic N) is 3. The summed E-state index contributed by atoms with van der Waals surface area (Å²) in [4.78, 5) is 15.7. The highest BCUT2D eigenvalue weighted by molar-refractivity contribution is 6.16. The Labute approximate surface area is 336 Å². The number of fused-ring (bicyclic) bond motifs is 5. The van der Waals surface area contributed by atoms with Crippen molar-refractivity contribution in [1.82, 2.24) is 15.0 Å². The van der Waals surface area contributed by atoms with Crippen LogP contribution in [0.2, 0.25) is 0 Å². The third-order valence-electron chi connectivity index (χ3n) is 11.2. The third-order valence-corrected chi connectivity index (χ3v) is 11.2. The molecular formula is C55H35N3. The Bertz CT molecular complexity index is 3260. The van der Waals surface area contributed by atoms with Gasteiger partial charge in [-0.1, -0.05) is 182 Å². The fourth-order valence-electron chi connectivity index (χ4n) is 8.27. The Morgan fingerprint density at radius 2 is 0.707 bits per heavy atom. The first-order chi connectivity index (χ1) is 28.7. The molecule has 0 spiro atoms. The second-order valence-corrected chi connectivity index (χ2v) is 14.8. The first-order valence-corrected chi connectivity index (χ1v) is 19.7. The van der Waals surface area contributed by atoms with Crippen LogP contribution in [0.1, 0.15) is 0 Å². The van der Waals surface area contributed by atoms with Crippen molar-refractivity contribution in [1.29, 1.82) is 0 Å². The molecule has 0 unspecified atom stereocenters. The van der Waals surface area contributed by atoms with E-state index in [0.717, 1.165) is 66.8 Å². The average molecular weight is 738 g/mol. The SMILES string of the molecule is c1ccc(-c2cc(-c3ccccc3)nc(-c3ccc(-c4cc(-c5ccc6ccccc6c5)nc5c4cc(-c4ccc6ccccc6c4)c4ccccc45)cc3)n2)cc1. The Hall–Kier alpha value is -7.75. The summed E-state index contributed by atoms with van der Waals surface area (Å²) in [6.45, 7) is 0. The van der Waals surface area contributed by atoms with Crippen molar-refractivity contribution in [2.24, 2.45) is 0 Å². The lowest BCUT2D eigenvalue weighted by molar-refractivity contribution is 1.18. The zero-order valence-corrected chi connectivity index (χ0v) is 31.5. The molecule has 0 saturated heterocycles. The third kappa shape index (κ3) is 6.07. The maximum Gasteiger partial charge on any atom is 0.160 e. The zero-order chi connectivity index (χ0) is 38.4. The van der Waals surface area contributed by atoms with Crippen LogP contribution in [0.5, 0.6) is 0 Å². The van der Waals surface area contributed by atoms with Crippen molar-refractivity contribution in [3.63, 3.8) is 0 Å². The molecule has 0 aliphatic heterocycles. The molecule has 0 radical (unpaired) electrons. The van der Waals surface area contributed by atoms with Crippen molar-refractivity contribution in [2.75, 3.05) is 0 Å². The van der Waals surface area contributed by atoms with Crippen LogP contribution in [0.25, 0.3) is 111 Å². The molecule has 11 rings (SSSR count). The van der Waals surface area contributed by atoms with Gasteiger partial charge in [0.25, 0.3) is 0 Å². The fraction of sp³-hybridized carbons (Fsp3) is 0. The quantitative estimate of drug-likeness (QED) is 0.160. The number of hydrogen-bond donors (Lipinski definition) is 0. The van der Waals surface area contributed by atoms with Gasteiger partial charge in [0.05, 0.1) is 22.6 Å². The normalized spacial score (nSPS) is 11.4. The number of pyridine rings is 1. The van der Waals surface area contributed by atoms with Crippen molar-refractivity contribution in [2.45, 2.75) is 0 Å². The molecule has 0 aliphatic rings. The van der Waals surface area contributed by atoms with Crippen LogP contribution < -0.4 is 0 Å². The number of rotatable bonds is 6. The van der Waals surface area contributed by atoms with Gasteiger partial charge in [-0.3, -0.25) is 0 Å². The lowest BCUT2D eigenvalue weighted by Gasteiger charge is -2.16. The summed E-state index contributed by atoms with van der Waals surface area (Å²) in [5.41, 5.74) is 12.4. The van der Waals surface area contributed by atoms with Crippen LogP contribution in [-0.4, -0.2) is 15.0 Å². The van der Waals surface area contributed by atoms with Gasteiger partial charge in [-0.25, -0.2) is 15.0 Å². The molecule has 9 aromatic carbocycles. The summed E-state index contributed by atoms with van der Waals surface area (Å²) < 4.78 is 0. The first-order valence-electron chi connectivity index (χ1n) is 19.7. The van der Waals surface area contributed by atoms with Crippen LogP contribution in [0.4, 0.5) is 0 Å². The highest BCUT2D eigenvalue weighted by Crippen LogP contribution is 2.41. The molecule has 3 heteroatoms. The Morgan fingerprint density at radius 3 is 1.34 bits per heavy atom. The second-order valence-electron chi connectivity index (χ2n) is 14.8. The molecular weight excluding hydrogens is 703 g/mol. The molecule has 0 atom stereocenters. The van der Waals surface area contributed by atoms with E-state index in [4.69, 9.17) is 15.0 Å². The van der Waals surface area contributed by atoms with E-state index in [2.05, 4.69) is 176 Å². The van der Waals surface area contributed by atoms with Gasteiger partial charge < -0.3 is 0 Å². The highest BCUT2D eigenvalue weighted by Gasteiger charge is 2.17. The molecule has 0 fully saturated rings. The Kier molecular flexibility index (Phi) is 8.15. The molecule has 270 valence electrons. The van der Waals surface area contributed by atoms with E-state index in [-0.39, 0.29) is 0 Å². The van der Waals surface area contributed by atoms with E-state index >= 15 is 0 Å². The second kappa shape index (κ2) is 14.1. The lowest BCUT2D eigenvalue weighted by atomic mass is 9.90. The first kappa shape index (κ1) is 33.6. The van der Waals surface area contributed by atoms with Crippen molar-refractivity contribution in [3.05, 3.63) is 212 Å². The summed E-state index contributed by atoms with van der Waals surface area (Å²) in [7, 11) is 0. The summed E-state index contributed by atoms with van der Waals surface area (Å²) in [6, 6.07) is 75.3. The molecule has 0 aliphatic carbocycles. The minimum Gasteiger partial charge on any atom is -0.247 e. The smallest absolute Gasteiger partial charge is 0.160 e. The van der Waals surface area contributed by atoms with Crippen LogP contribution in [0, 0.1) is 0 Å². The summed E-state index contributed by atoms with van der Waals surface area (Å²) in [5.74, 6) is 0.688. The number of hydrogen-bond acceptors (Lipinski definition) is 3. The van der Waals surface area contributed by atoms with Crippen LogP contribution in [0.15, 0.2) is 212 Å². The molecule has 0 amide bonds. The minimum absolute atomic E-state index is 0.688. The Morgan fingerprint density at radius 1 is 0.241 bits per heavy atom. The number of benzene rings is 9. The van der Waals surface area contributed by atoms with Gasteiger partial charge >= 0.3 is 0 Å². The minimum atomic E-state index is 0.688. The number of aromatic nitrogens is 3. The van der Waals surface area contributed by atoms with Gasteiger partial charge in [0.15, 0.2) is 5.82 Å². The summed E-state index contributed by atoms with van der Waals surface area (Å²) in [6.07, 6.45) is 0. The molecule has 2 aromatic heterocycles. The predicted octanol–water partition coefficient (Wildman–Crippen LogP) is 14.5. The zero-order valence-electron chi connectivity index (χ0n) is 31.5. The molecule has 2 heterocycles. The molecule has 0 saturated carbocycles. The largest absolute Gasteiger partial charge is 0.247 e. The van der Waals surface area contributed by atoms with Crippen molar-refractivity contribution < 1.29 is 0 Å². The van der Waals surface area contributed by atoms with E-state index in [1.807, 2.05) is 36.4 Å². The van der Waals surface area contributed by atoms with Crippen LogP contribution in [0.3, 0.4) is 0 Å². The molecule has 0 N–H and O–H groups in total. The van der Waals surface area contributed by atoms with Gasteiger partial charge in [-0.15, -0.1) is 0 Å². The van der Waals surface area contributed by atoms with E-state index < -0.39 is 0 Å². The van der Waals surface area contributed by atoms with Crippen molar-refractivity contribution in [3.8, 4) is 67.4 Å². The molecule has 3 nitrogen and oxygen atoms in total. The Balaban J connectivity index is 1.12. The van der Waals surface area contributed by atoms with Gasteiger partial charge in [0.1, 0.15) is 0 Å². The monoisotopic (exact) mass is 737 g/mol. The maximum atomic E-state index is 5.47. The van der Waals surface area contributed by atoms with Crippen LogP contribution in [-0.2, 0) is 0 Å². The predicted molar refractivity (Wildman–Crippen MR) is 242 cm³/mol. The van der Waals surface area contributed by atoms with Crippen molar-refractivity contribution >= 4 is 43.2 Å². The van der Waals surface area contributed by atoms with E-state index in [1.165, 1.54) is 38.1 Å². The lowest BCUT2D eigenvalue weighted by Crippen LogP contribution is -1.96. The van der Waals surface area contributed by atoms with E-state index in [9.17, 15) is 0 Å². The summed E-state index contributed by atoms with van der Waals surface area (Å²) >= 11 is 0. The van der Waals surface area contributed by atoms with E-state index in [1.54, 1.807) is 0 Å². The van der Waals surface area contributed by atoms with Gasteiger partial charge in [-0.2, -0.15) is 0 Å². The maximum absolute atomic E-state index is 5.47. The molecule has 0 bridgehead atoms. The van der Waals surface area contributed by atoms with Gasteiger partial charge in [0, 0.05) is 33.0 Å². The summed E-state index contributed by atoms with van der Waals surface area (Å²) in [5, 5.41) is 8.27. The van der Waals surface area contributed by atoms with Crippen LogP contribution >= 0.6 is 0 Å². The fourth-order valence-corrected chi connectivity index (χ4v) is 8.27. The topological polar surface area (TPSA) is 38.7 Å². The van der Waals surface area contributed by atoms with E-state index in [0.29, 0.717) is 5.82 Å². The van der Waals surface area contributed by atoms with Gasteiger partial charge in [0.2, 0.25) is 0 Å².